The molecule has 0 saturated heterocycles. The number of carbonyl (C=O) groups is 3. The maximum absolute atomic E-state index is 14.4. The number of hydrogen-bond acceptors (Lipinski definition) is 6. The first-order valence-corrected chi connectivity index (χ1v) is 16.1. The number of carbonyl (C=O) groups excluding carboxylic acids is 3. The Labute approximate surface area is 245 Å². The van der Waals surface area contributed by atoms with E-state index < -0.39 is 23.8 Å². The predicted octanol–water partition coefficient (Wildman–Crippen LogP) is 6.18. The quantitative estimate of drug-likeness (QED) is 0.258. The molecule has 226 valence electrons. The van der Waals surface area contributed by atoms with E-state index in [2.05, 4.69) is 24.5 Å². The van der Waals surface area contributed by atoms with Crippen LogP contribution in [0.25, 0.3) is 0 Å². The van der Waals surface area contributed by atoms with E-state index in [-0.39, 0.29) is 29.6 Å². The highest BCUT2D eigenvalue weighted by Gasteiger charge is 2.40. The summed E-state index contributed by atoms with van der Waals surface area (Å²) in [6, 6.07) is 4.49. The molecule has 0 radical (unpaired) electrons. The van der Waals surface area contributed by atoms with E-state index in [1.807, 2.05) is 13.2 Å². The molecule has 0 spiro atoms. The molecule has 0 aliphatic heterocycles. The molecule has 8 nitrogen and oxygen atoms in total. The van der Waals surface area contributed by atoms with Gasteiger partial charge in [0.1, 0.15) is 23.4 Å². The van der Waals surface area contributed by atoms with E-state index >= 15 is 0 Å². The zero-order valence-electron chi connectivity index (χ0n) is 25.5. The number of hydrogen-bond donors (Lipinski definition) is 3. The standard InChI is InChI=1S/C31H51N3O5S/c1-21(2)17-18-22(3)34(29(37)25(19-20-40-7)33-30(38)39-31(4,5)6)27(24-15-11-12-16-26(24)35)28(36)32-23-13-9-8-10-14-23/h11-12,15-16,21-23,25,27,35H,8-10,13-14,17-20H2,1-7H3,(H,32,36)(H,33,38). The first-order chi connectivity index (χ1) is 18.8. The van der Waals surface area contributed by atoms with E-state index in [1.54, 1.807) is 61.7 Å². The van der Waals surface area contributed by atoms with Crippen molar-refractivity contribution >= 4 is 29.7 Å². The van der Waals surface area contributed by atoms with Gasteiger partial charge in [0.15, 0.2) is 0 Å². The molecule has 3 atom stereocenters. The average Bonchev–Trinajstić information content (AvgIpc) is 2.88. The second-order valence-corrected chi connectivity index (χ2v) is 13.3. The minimum absolute atomic E-state index is 0.0321. The van der Waals surface area contributed by atoms with Crippen molar-refractivity contribution in [2.24, 2.45) is 5.92 Å². The van der Waals surface area contributed by atoms with Gasteiger partial charge in [-0.3, -0.25) is 9.59 Å². The molecule has 2 rings (SSSR count). The van der Waals surface area contributed by atoms with Crippen LogP contribution in [0.1, 0.15) is 105 Å². The summed E-state index contributed by atoms with van der Waals surface area (Å²) in [5.74, 6) is 0.338. The Hall–Kier alpha value is -2.42. The number of benzene rings is 1. The van der Waals surface area contributed by atoms with E-state index in [4.69, 9.17) is 4.74 Å². The van der Waals surface area contributed by atoms with E-state index in [0.29, 0.717) is 30.1 Å². The first kappa shape index (κ1) is 33.8. The average molecular weight is 578 g/mol. The van der Waals surface area contributed by atoms with Gasteiger partial charge in [-0.1, -0.05) is 51.3 Å². The highest BCUT2D eigenvalue weighted by atomic mass is 32.2. The number of phenols is 1. The fraction of sp³-hybridized carbons (Fsp3) is 0.710. The molecule has 40 heavy (non-hydrogen) atoms. The van der Waals surface area contributed by atoms with Gasteiger partial charge >= 0.3 is 6.09 Å². The van der Waals surface area contributed by atoms with Crippen molar-refractivity contribution in [2.75, 3.05) is 12.0 Å². The number of ether oxygens (including phenoxy) is 1. The molecule has 9 heteroatoms. The van der Waals surface area contributed by atoms with Crippen LogP contribution in [0.5, 0.6) is 5.75 Å². The van der Waals surface area contributed by atoms with Crippen LogP contribution in [-0.2, 0) is 14.3 Å². The van der Waals surface area contributed by atoms with Gasteiger partial charge in [0.05, 0.1) is 0 Å². The molecule has 1 aliphatic rings. The van der Waals surface area contributed by atoms with Crippen molar-refractivity contribution in [1.29, 1.82) is 0 Å². The molecule has 0 heterocycles. The number of amides is 3. The van der Waals surface area contributed by atoms with Gasteiger partial charge in [0.2, 0.25) is 11.8 Å². The lowest BCUT2D eigenvalue weighted by Crippen LogP contribution is -2.56. The number of phenolic OH excluding ortho intramolecular Hbond substituents is 1. The lowest BCUT2D eigenvalue weighted by atomic mass is 9.93. The van der Waals surface area contributed by atoms with Gasteiger partial charge in [-0.25, -0.2) is 4.79 Å². The van der Waals surface area contributed by atoms with Gasteiger partial charge in [0, 0.05) is 17.6 Å². The summed E-state index contributed by atoms with van der Waals surface area (Å²) in [6.07, 6.45) is 8.23. The van der Waals surface area contributed by atoms with Crippen LogP contribution in [0.2, 0.25) is 0 Å². The van der Waals surface area contributed by atoms with Crippen molar-refractivity contribution in [1.82, 2.24) is 15.5 Å². The van der Waals surface area contributed by atoms with Crippen molar-refractivity contribution in [2.45, 2.75) is 123 Å². The maximum Gasteiger partial charge on any atom is 0.408 e. The molecule has 3 amide bonds. The normalized spacial score (nSPS) is 16.6. The third kappa shape index (κ3) is 10.9. The van der Waals surface area contributed by atoms with Gasteiger partial charge in [0.25, 0.3) is 0 Å². The van der Waals surface area contributed by atoms with Crippen LogP contribution in [0.3, 0.4) is 0 Å². The second-order valence-electron chi connectivity index (χ2n) is 12.4. The van der Waals surface area contributed by atoms with Crippen molar-refractivity contribution < 1.29 is 24.2 Å². The fourth-order valence-corrected chi connectivity index (χ4v) is 5.57. The highest BCUT2D eigenvalue weighted by molar-refractivity contribution is 7.98. The third-order valence-corrected chi connectivity index (χ3v) is 7.84. The predicted molar refractivity (Wildman–Crippen MR) is 162 cm³/mol. The van der Waals surface area contributed by atoms with Crippen LogP contribution in [0, 0.1) is 5.92 Å². The van der Waals surface area contributed by atoms with Crippen LogP contribution in [-0.4, -0.2) is 63.6 Å². The molecular weight excluding hydrogens is 526 g/mol. The maximum atomic E-state index is 14.4. The number of nitrogens with zero attached hydrogens (tertiary/aromatic N) is 1. The third-order valence-electron chi connectivity index (χ3n) is 7.20. The summed E-state index contributed by atoms with van der Waals surface area (Å²) < 4.78 is 5.48. The molecule has 3 unspecified atom stereocenters. The number of thioether (sulfide) groups is 1. The van der Waals surface area contributed by atoms with Gasteiger partial charge < -0.3 is 25.4 Å². The summed E-state index contributed by atoms with van der Waals surface area (Å²) in [4.78, 5) is 42.9. The number of para-hydroxylation sites is 1. The summed E-state index contributed by atoms with van der Waals surface area (Å²) in [5.41, 5.74) is -0.346. The molecule has 1 aromatic rings. The number of aromatic hydroxyl groups is 1. The molecule has 0 bridgehead atoms. The summed E-state index contributed by atoms with van der Waals surface area (Å²) in [5, 5.41) is 16.9. The summed E-state index contributed by atoms with van der Waals surface area (Å²) >= 11 is 1.58. The fourth-order valence-electron chi connectivity index (χ4n) is 5.10. The summed E-state index contributed by atoms with van der Waals surface area (Å²) in [6.45, 7) is 11.5. The first-order valence-electron chi connectivity index (χ1n) is 14.7. The topological polar surface area (TPSA) is 108 Å². The Morgan fingerprint density at radius 1 is 1.05 bits per heavy atom. The smallest absolute Gasteiger partial charge is 0.408 e. The van der Waals surface area contributed by atoms with Crippen LogP contribution < -0.4 is 10.6 Å². The lowest BCUT2D eigenvalue weighted by molar-refractivity contribution is -0.145. The van der Waals surface area contributed by atoms with E-state index in [0.717, 1.165) is 38.5 Å². The molecule has 0 aromatic heterocycles. The monoisotopic (exact) mass is 577 g/mol. The van der Waals surface area contributed by atoms with E-state index in [1.165, 1.54) is 0 Å². The van der Waals surface area contributed by atoms with Gasteiger partial charge in [-0.05, 0) is 83.8 Å². The molecule has 1 saturated carbocycles. The zero-order chi connectivity index (χ0) is 29.9. The van der Waals surface area contributed by atoms with Crippen LogP contribution >= 0.6 is 11.8 Å². The van der Waals surface area contributed by atoms with Gasteiger partial charge in [-0.2, -0.15) is 11.8 Å². The molecular formula is C31H51N3O5S. The van der Waals surface area contributed by atoms with E-state index in [9.17, 15) is 19.5 Å². The minimum Gasteiger partial charge on any atom is -0.508 e. The Balaban J connectivity index is 2.54. The minimum atomic E-state index is -1.05. The molecule has 1 fully saturated rings. The second kappa shape index (κ2) is 16.1. The van der Waals surface area contributed by atoms with Crippen LogP contribution in [0.4, 0.5) is 4.79 Å². The zero-order valence-corrected chi connectivity index (χ0v) is 26.3. The van der Waals surface area contributed by atoms with Crippen molar-refractivity contribution in [3.8, 4) is 5.75 Å². The highest BCUT2D eigenvalue weighted by Crippen LogP contribution is 2.33. The Morgan fingerprint density at radius 3 is 2.27 bits per heavy atom. The largest absolute Gasteiger partial charge is 0.508 e. The number of alkyl carbamates (subject to hydrolysis) is 1. The number of nitrogens with one attached hydrogen (secondary N) is 2. The molecule has 3 N–H and O–H groups in total. The van der Waals surface area contributed by atoms with Gasteiger partial charge in [-0.15, -0.1) is 0 Å². The Bertz CT molecular complexity index is 959. The SMILES string of the molecule is CSCCC(NC(=O)OC(C)(C)C)C(=O)N(C(C)CCC(C)C)C(C(=O)NC1CCCCC1)c1ccccc1O. The Kier molecular flexibility index (Phi) is 13.6. The number of rotatable bonds is 13. The van der Waals surface area contributed by atoms with Crippen molar-refractivity contribution in [3.63, 3.8) is 0 Å². The van der Waals surface area contributed by atoms with Crippen molar-refractivity contribution in [3.05, 3.63) is 29.8 Å². The molecule has 1 aromatic carbocycles. The van der Waals surface area contributed by atoms with Crippen LogP contribution in [0.15, 0.2) is 24.3 Å². The lowest BCUT2D eigenvalue weighted by Gasteiger charge is -2.39. The Morgan fingerprint density at radius 2 is 1.70 bits per heavy atom. The molecule has 1 aliphatic carbocycles. The summed E-state index contributed by atoms with van der Waals surface area (Å²) in [7, 11) is 0.